The van der Waals surface area contributed by atoms with E-state index in [4.69, 9.17) is 0 Å². The molecule has 3 aromatic rings. The van der Waals surface area contributed by atoms with Crippen molar-refractivity contribution in [2.45, 2.75) is 25.1 Å². The van der Waals surface area contributed by atoms with Crippen LogP contribution in [0.5, 0.6) is 0 Å². The normalized spacial score (nSPS) is 15.2. The minimum Gasteiger partial charge on any atom is -0.342 e. The fourth-order valence-corrected chi connectivity index (χ4v) is 3.74. The molecule has 1 saturated heterocycles. The maximum absolute atomic E-state index is 13.2. The zero-order chi connectivity index (χ0) is 22.9. The van der Waals surface area contributed by atoms with E-state index < -0.39 is 34.8 Å². The second-order valence-electron chi connectivity index (χ2n) is 7.54. The van der Waals surface area contributed by atoms with Crippen LogP contribution >= 0.6 is 0 Å². The lowest BCUT2D eigenvalue weighted by Crippen LogP contribution is -2.40. The van der Waals surface area contributed by atoms with Crippen LogP contribution in [0.1, 0.15) is 40.5 Å². The molecule has 1 unspecified atom stereocenters. The number of amides is 2. The first-order valence-electron chi connectivity index (χ1n) is 9.97. The van der Waals surface area contributed by atoms with Crippen molar-refractivity contribution in [3.05, 3.63) is 75.6 Å². The van der Waals surface area contributed by atoms with Crippen LogP contribution in [0.4, 0.5) is 13.2 Å². The van der Waals surface area contributed by atoms with Crippen LogP contribution in [0.25, 0.3) is 10.9 Å². The molecule has 1 fully saturated rings. The Hall–Kier alpha value is -3.69. The number of aromatic nitrogens is 2. The third-order valence-electron chi connectivity index (χ3n) is 5.39. The molecule has 0 spiro atoms. The van der Waals surface area contributed by atoms with Crippen LogP contribution < -0.4 is 10.7 Å². The Balaban J connectivity index is 1.68. The number of likely N-dealkylation sites (tertiary alicyclic amines) is 1. The first-order chi connectivity index (χ1) is 15.2. The summed E-state index contributed by atoms with van der Waals surface area (Å²) in [6.07, 6.45) is -3.59. The first kappa shape index (κ1) is 21.5. The molecule has 0 aliphatic carbocycles. The number of hydrogen-bond donors (Lipinski definition) is 2. The average molecular weight is 444 g/mol. The fraction of sp³-hybridized carbons (Fsp3) is 0.273. The zero-order valence-corrected chi connectivity index (χ0v) is 16.8. The fourth-order valence-electron chi connectivity index (χ4n) is 3.74. The van der Waals surface area contributed by atoms with E-state index in [1.54, 1.807) is 24.3 Å². The highest BCUT2D eigenvalue weighted by molar-refractivity contribution is 5.95. The number of benzene rings is 2. The summed E-state index contributed by atoms with van der Waals surface area (Å²) in [4.78, 5) is 39.2. The van der Waals surface area contributed by atoms with Crippen molar-refractivity contribution in [2.75, 3.05) is 13.1 Å². The molecule has 1 aliphatic rings. The number of carbonyl (C=O) groups excluding carboxylic acids is 2. The molecule has 0 radical (unpaired) electrons. The third-order valence-corrected chi connectivity index (χ3v) is 5.39. The molecule has 0 saturated carbocycles. The number of halogens is 3. The number of aromatic amines is 1. The van der Waals surface area contributed by atoms with Gasteiger partial charge >= 0.3 is 6.18 Å². The Morgan fingerprint density at radius 1 is 1.16 bits per heavy atom. The van der Waals surface area contributed by atoms with Crippen molar-refractivity contribution in [1.82, 2.24) is 20.4 Å². The van der Waals surface area contributed by atoms with E-state index in [9.17, 15) is 27.6 Å². The summed E-state index contributed by atoms with van der Waals surface area (Å²) in [6, 6.07) is 10.1. The van der Waals surface area contributed by atoms with Gasteiger partial charge in [0.1, 0.15) is 0 Å². The Bertz CT molecular complexity index is 1240. The summed E-state index contributed by atoms with van der Waals surface area (Å²) >= 11 is 0. The van der Waals surface area contributed by atoms with E-state index >= 15 is 0 Å². The molecule has 2 N–H and O–H groups in total. The molecule has 10 heteroatoms. The number of alkyl halides is 3. The summed E-state index contributed by atoms with van der Waals surface area (Å²) in [5.41, 5.74) is -1.26. The van der Waals surface area contributed by atoms with E-state index in [1.165, 1.54) is 17.0 Å². The molecule has 4 rings (SSSR count). The summed E-state index contributed by atoms with van der Waals surface area (Å²) in [6.45, 7) is 0.427. The van der Waals surface area contributed by atoms with E-state index in [2.05, 4.69) is 15.5 Å². The van der Waals surface area contributed by atoms with Gasteiger partial charge < -0.3 is 10.2 Å². The highest BCUT2D eigenvalue weighted by Crippen LogP contribution is 2.31. The van der Waals surface area contributed by atoms with E-state index in [1.807, 2.05) is 0 Å². The maximum atomic E-state index is 13.2. The lowest BCUT2D eigenvalue weighted by Gasteiger charge is -2.25. The zero-order valence-electron chi connectivity index (χ0n) is 16.8. The van der Waals surface area contributed by atoms with Gasteiger partial charge in [0.25, 0.3) is 5.91 Å². The summed E-state index contributed by atoms with van der Waals surface area (Å²) in [7, 11) is 0. The molecule has 1 aliphatic heterocycles. The Morgan fingerprint density at radius 3 is 2.66 bits per heavy atom. The number of hydrogen-bond acceptors (Lipinski definition) is 4. The molecular formula is C22H19F3N4O3. The molecule has 166 valence electrons. The number of para-hydroxylation sites is 1. The Kier molecular flexibility index (Phi) is 5.68. The highest BCUT2D eigenvalue weighted by atomic mass is 19.4. The van der Waals surface area contributed by atoms with Crippen LogP contribution in [0.3, 0.4) is 0 Å². The Morgan fingerprint density at radius 2 is 1.94 bits per heavy atom. The van der Waals surface area contributed by atoms with E-state index in [0.717, 1.165) is 12.1 Å². The minimum absolute atomic E-state index is 0.0165. The van der Waals surface area contributed by atoms with Gasteiger partial charge in [-0.15, -0.1) is 0 Å². The smallest absolute Gasteiger partial charge is 0.342 e. The summed E-state index contributed by atoms with van der Waals surface area (Å²) < 4.78 is 39.7. The Labute approximate surface area is 180 Å². The number of fused-ring (bicyclic) bond motifs is 1. The molecule has 2 aromatic carbocycles. The first-order valence-corrected chi connectivity index (χ1v) is 9.97. The van der Waals surface area contributed by atoms with Crippen molar-refractivity contribution >= 4 is 22.7 Å². The molecule has 0 bridgehead atoms. The lowest BCUT2D eigenvalue weighted by molar-refractivity contribution is -0.137. The summed E-state index contributed by atoms with van der Waals surface area (Å²) in [5, 5.41) is 9.35. The molecular weight excluding hydrogens is 425 g/mol. The van der Waals surface area contributed by atoms with Gasteiger partial charge in [0, 0.05) is 24.9 Å². The molecule has 7 nitrogen and oxygen atoms in total. The molecule has 1 atom stereocenters. The number of H-pyrrole nitrogens is 1. The minimum atomic E-state index is -4.56. The van der Waals surface area contributed by atoms with E-state index in [0.29, 0.717) is 24.9 Å². The second kappa shape index (κ2) is 8.45. The largest absolute Gasteiger partial charge is 0.416 e. The van der Waals surface area contributed by atoms with Gasteiger partial charge in [0.2, 0.25) is 11.3 Å². The second-order valence-corrected chi connectivity index (χ2v) is 7.54. The predicted octanol–water partition coefficient (Wildman–Crippen LogP) is 3.04. The van der Waals surface area contributed by atoms with Crippen molar-refractivity contribution in [3.63, 3.8) is 0 Å². The van der Waals surface area contributed by atoms with Gasteiger partial charge in [-0.2, -0.15) is 18.3 Å². The van der Waals surface area contributed by atoms with Gasteiger partial charge in [-0.05, 0) is 36.2 Å². The van der Waals surface area contributed by atoms with Gasteiger partial charge in [-0.3, -0.25) is 19.5 Å². The lowest BCUT2D eigenvalue weighted by atomic mass is 10.0. The van der Waals surface area contributed by atoms with Crippen LogP contribution in [-0.4, -0.2) is 40.0 Å². The standard InChI is InChI=1S/C22H19F3N4O3/c23-22(24,25)14-6-3-5-13(11-14)17(12-29-10-4-9-18(29)30)26-21(32)19-20(31)15-7-1-2-8-16(15)27-28-19/h1-3,5-8,11,17H,4,9-10,12H2,(H,26,32)(H,27,31). The van der Waals surface area contributed by atoms with Crippen molar-refractivity contribution < 1.29 is 22.8 Å². The maximum Gasteiger partial charge on any atom is 0.416 e. The molecule has 1 aromatic heterocycles. The topological polar surface area (TPSA) is 95.2 Å². The van der Waals surface area contributed by atoms with Crippen molar-refractivity contribution in [3.8, 4) is 0 Å². The van der Waals surface area contributed by atoms with Crippen LogP contribution in [-0.2, 0) is 11.0 Å². The van der Waals surface area contributed by atoms with Gasteiger partial charge in [0.05, 0.1) is 17.1 Å². The van der Waals surface area contributed by atoms with Gasteiger partial charge in [-0.25, -0.2) is 0 Å². The van der Waals surface area contributed by atoms with Crippen LogP contribution in [0.15, 0.2) is 53.3 Å². The molecule has 32 heavy (non-hydrogen) atoms. The average Bonchev–Trinajstić information content (AvgIpc) is 3.17. The van der Waals surface area contributed by atoms with Crippen LogP contribution in [0.2, 0.25) is 0 Å². The van der Waals surface area contributed by atoms with Gasteiger partial charge in [-0.1, -0.05) is 24.3 Å². The SMILES string of the molecule is O=C(NC(CN1CCCC1=O)c1cccc(C(F)(F)F)c1)c1n[nH]c2ccccc2c1=O. The number of rotatable bonds is 5. The molecule has 2 heterocycles. The number of nitrogens with zero attached hydrogens (tertiary/aromatic N) is 2. The van der Waals surface area contributed by atoms with Crippen molar-refractivity contribution in [2.24, 2.45) is 0 Å². The van der Waals surface area contributed by atoms with Crippen LogP contribution in [0, 0.1) is 0 Å². The van der Waals surface area contributed by atoms with Gasteiger partial charge in [0.15, 0.2) is 5.69 Å². The monoisotopic (exact) mass is 444 g/mol. The highest BCUT2D eigenvalue weighted by Gasteiger charge is 2.32. The quantitative estimate of drug-likeness (QED) is 0.633. The summed E-state index contributed by atoms with van der Waals surface area (Å²) in [5.74, 6) is -0.982. The molecule has 2 amide bonds. The van der Waals surface area contributed by atoms with Crippen molar-refractivity contribution in [1.29, 1.82) is 0 Å². The number of carbonyl (C=O) groups is 2. The third kappa shape index (κ3) is 4.34. The number of nitrogens with one attached hydrogen (secondary N) is 2. The van der Waals surface area contributed by atoms with E-state index in [-0.39, 0.29) is 23.4 Å². The predicted molar refractivity (Wildman–Crippen MR) is 110 cm³/mol.